The Morgan fingerprint density at radius 1 is 1.44 bits per heavy atom. The van der Waals surface area contributed by atoms with Crippen LogP contribution in [0.3, 0.4) is 0 Å². The van der Waals surface area contributed by atoms with Crippen molar-refractivity contribution < 1.29 is 19.7 Å². The van der Waals surface area contributed by atoms with E-state index in [1.165, 1.54) is 13.0 Å². The van der Waals surface area contributed by atoms with Gasteiger partial charge in [0, 0.05) is 5.57 Å². The molecular formula is C13H15BrO4. The molecule has 98 valence electrons. The summed E-state index contributed by atoms with van der Waals surface area (Å²) >= 11 is 3.22. The van der Waals surface area contributed by atoms with E-state index < -0.39 is 17.1 Å². The highest BCUT2D eigenvalue weighted by Gasteiger charge is 2.17. The van der Waals surface area contributed by atoms with E-state index in [4.69, 9.17) is 9.84 Å². The fraction of sp³-hybridized carbons (Fsp3) is 0.308. The number of carboxylic acid groups (broad SMARTS) is 1. The van der Waals surface area contributed by atoms with Gasteiger partial charge >= 0.3 is 5.97 Å². The van der Waals surface area contributed by atoms with E-state index >= 15 is 0 Å². The maximum atomic E-state index is 10.6. The Morgan fingerprint density at radius 2 is 2.06 bits per heavy atom. The number of aliphatic hydroxyl groups is 1. The minimum Gasteiger partial charge on any atom is -0.478 e. The number of hydrogen-bond acceptors (Lipinski definition) is 3. The van der Waals surface area contributed by atoms with Gasteiger partial charge in [-0.2, -0.15) is 0 Å². The molecule has 0 saturated carbocycles. The van der Waals surface area contributed by atoms with E-state index in [1.807, 2.05) is 18.2 Å². The summed E-state index contributed by atoms with van der Waals surface area (Å²) in [7, 11) is 0. The first-order valence-corrected chi connectivity index (χ1v) is 6.36. The van der Waals surface area contributed by atoms with Gasteiger partial charge in [0.2, 0.25) is 0 Å². The Kier molecular flexibility index (Phi) is 5.88. The number of alkyl halides is 1. The molecule has 0 bridgehead atoms. The van der Waals surface area contributed by atoms with Crippen molar-refractivity contribution in [3.8, 4) is 5.75 Å². The molecular weight excluding hydrogens is 300 g/mol. The lowest BCUT2D eigenvalue weighted by Gasteiger charge is -2.17. The highest BCUT2D eigenvalue weighted by atomic mass is 79.9. The van der Waals surface area contributed by atoms with Gasteiger partial charge in [-0.1, -0.05) is 24.3 Å². The lowest BCUT2D eigenvalue weighted by atomic mass is 10.2. The number of benzene rings is 1. The predicted octanol–water partition coefficient (Wildman–Crippen LogP) is 2.57. The van der Waals surface area contributed by atoms with E-state index in [-0.39, 0.29) is 12.0 Å². The quantitative estimate of drug-likeness (QED) is 0.625. The van der Waals surface area contributed by atoms with Crippen LogP contribution in [0.4, 0.5) is 0 Å². The summed E-state index contributed by atoms with van der Waals surface area (Å²) in [6.07, 6.45) is 0.857. The SMILES string of the molecule is CC(=CCC(O)C(Br)Oc1ccccc1)C(=O)O. The van der Waals surface area contributed by atoms with E-state index in [0.717, 1.165) is 0 Å². The zero-order valence-corrected chi connectivity index (χ0v) is 11.5. The Balaban J connectivity index is 2.49. The third-order valence-corrected chi connectivity index (χ3v) is 3.09. The Bertz CT molecular complexity index is 416. The summed E-state index contributed by atoms with van der Waals surface area (Å²) in [5, 5.41) is 17.9. The standard InChI is InChI=1S/C13H15BrO4/c1-9(13(16)17)7-8-11(15)12(14)18-10-5-3-2-4-6-10/h2-7,11-12,15H,8H2,1H3,(H,16,17). The number of rotatable bonds is 6. The summed E-state index contributed by atoms with van der Waals surface area (Å²) in [4.78, 5) is 10.6. The molecule has 0 aliphatic heterocycles. The fourth-order valence-electron chi connectivity index (χ4n) is 1.20. The first-order valence-electron chi connectivity index (χ1n) is 5.44. The molecule has 0 amide bonds. The van der Waals surface area contributed by atoms with Crippen LogP contribution in [0.1, 0.15) is 13.3 Å². The average molecular weight is 315 g/mol. The van der Waals surface area contributed by atoms with Gasteiger partial charge in [0.25, 0.3) is 0 Å². The van der Waals surface area contributed by atoms with Gasteiger partial charge in [-0.05, 0) is 41.4 Å². The van der Waals surface area contributed by atoms with E-state index in [9.17, 15) is 9.90 Å². The zero-order chi connectivity index (χ0) is 13.5. The first kappa shape index (κ1) is 14.7. The summed E-state index contributed by atoms with van der Waals surface area (Å²) in [5.74, 6) is -0.352. The molecule has 2 unspecified atom stereocenters. The third-order valence-electron chi connectivity index (χ3n) is 2.30. The van der Waals surface area contributed by atoms with Crippen molar-refractivity contribution >= 4 is 21.9 Å². The molecule has 0 aromatic heterocycles. The van der Waals surface area contributed by atoms with Crippen LogP contribution < -0.4 is 4.74 Å². The lowest BCUT2D eigenvalue weighted by molar-refractivity contribution is -0.132. The predicted molar refractivity (Wildman–Crippen MR) is 71.8 cm³/mol. The van der Waals surface area contributed by atoms with Crippen molar-refractivity contribution in [2.24, 2.45) is 0 Å². The molecule has 1 rings (SSSR count). The highest BCUT2D eigenvalue weighted by Crippen LogP contribution is 2.18. The second-order valence-corrected chi connectivity index (χ2v) is 4.68. The Hall–Kier alpha value is -1.33. The second kappa shape index (κ2) is 7.18. The molecule has 0 aliphatic rings. The first-order chi connectivity index (χ1) is 8.50. The Labute approximate surface area is 114 Å². The van der Waals surface area contributed by atoms with Crippen LogP contribution in [0.25, 0.3) is 0 Å². The minimum absolute atomic E-state index is 0.202. The lowest BCUT2D eigenvalue weighted by Crippen LogP contribution is -2.25. The maximum Gasteiger partial charge on any atom is 0.330 e. The average Bonchev–Trinajstić information content (AvgIpc) is 2.36. The number of ether oxygens (including phenoxy) is 1. The van der Waals surface area contributed by atoms with Crippen molar-refractivity contribution in [1.29, 1.82) is 0 Å². The number of carbonyl (C=O) groups is 1. The summed E-state index contributed by atoms with van der Waals surface area (Å²) in [6, 6.07) is 9.08. The van der Waals surface area contributed by atoms with Crippen LogP contribution in [0.15, 0.2) is 42.0 Å². The molecule has 1 aromatic rings. The van der Waals surface area contributed by atoms with Crippen LogP contribution in [-0.2, 0) is 4.79 Å². The number of aliphatic hydroxyl groups excluding tert-OH is 1. The molecule has 0 aliphatic carbocycles. The van der Waals surface area contributed by atoms with Gasteiger partial charge < -0.3 is 14.9 Å². The molecule has 2 N–H and O–H groups in total. The summed E-state index contributed by atoms with van der Waals surface area (Å²) in [6.45, 7) is 1.48. The normalized spacial score (nSPS) is 14.9. The van der Waals surface area contributed by atoms with Crippen molar-refractivity contribution in [2.75, 3.05) is 0 Å². The van der Waals surface area contributed by atoms with Crippen LogP contribution in [0.5, 0.6) is 5.75 Å². The van der Waals surface area contributed by atoms with Crippen molar-refractivity contribution in [1.82, 2.24) is 0 Å². The number of carboxylic acids is 1. The molecule has 0 spiro atoms. The molecule has 4 nitrogen and oxygen atoms in total. The number of para-hydroxylation sites is 1. The highest BCUT2D eigenvalue weighted by molar-refractivity contribution is 9.09. The molecule has 2 atom stereocenters. The number of halogens is 1. The molecule has 0 heterocycles. The molecule has 18 heavy (non-hydrogen) atoms. The van der Waals surface area contributed by atoms with Gasteiger partial charge in [0.1, 0.15) is 11.9 Å². The van der Waals surface area contributed by atoms with Gasteiger partial charge in [-0.25, -0.2) is 4.79 Å². The topological polar surface area (TPSA) is 66.8 Å². The van der Waals surface area contributed by atoms with Crippen LogP contribution in [0, 0.1) is 0 Å². The molecule has 1 aromatic carbocycles. The number of aliphatic carboxylic acids is 1. The molecule has 0 radical (unpaired) electrons. The maximum absolute atomic E-state index is 10.6. The number of hydrogen-bond donors (Lipinski definition) is 2. The summed E-state index contributed by atoms with van der Waals surface area (Å²) < 4.78 is 5.46. The molecule has 5 heteroatoms. The van der Waals surface area contributed by atoms with Crippen LogP contribution in [-0.4, -0.2) is 27.3 Å². The van der Waals surface area contributed by atoms with Gasteiger partial charge in [-0.3, -0.25) is 0 Å². The fourth-order valence-corrected chi connectivity index (χ4v) is 1.63. The Morgan fingerprint density at radius 3 is 2.61 bits per heavy atom. The van der Waals surface area contributed by atoms with Crippen LogP contribution >= 0.6 is 15.9 Å². The minimum atomic E-state index is -0.989. The van der Waals surface area contributed by atoms with Gasteiger partial charge in [0.05, 0.1) is 0 Å². The third kappa shape index (κ3) is 4.89. The van der Waals surface area contributed by atoms with Crippen molar-refractivity contribution in [3.63, 3.8) is 0 Å². The second-order valence-electron chi connectivity index (χ2n) is 3.78. The van der Waals surface area contributed by atoms with E-state index in [1.54, 1.807) is 12.1 Å². The smallest absolute Gasteiger partial charge is 0.330 e. The summed E-state index contributed by atoms with van der Waals surface area (Å²) in [5.41, 5.74) is 0.202. The van der Waals surface area contributed by atoms with E-state index in [2.05, 4.69) is 15.9 Å². The largest absolute Gasteiger partial charge is 0.478 e. The van der Waals surface area contributed by atoms with Gasteiger partial charge in [-0.15, -0.1) is 0 Å². The van der Waals surface area contributed by atoms with Crippen molar-refractivity contribution in [2.45, 2.75) is 24.5 Å². The molecule has 0 fully saturated rings. The zero-order valence-electron chi connectivity index (χ0n) is 9.91. The molecule has 0 saturated heterocycles. The van der Waals surface area contributed by atoms with E-state index in [0.29, 0.717) is 5.75 Å². The van der Waals surface area contributed by atoms with Crippen molar-refractivity contribution in [3.05, 3.63) is 42.0 Å². The monoisotopic (exact) mass is 314 g/mol. The van der Waals surface area contributed by atoms with Gasteiger partial charge in [0.15, 0.2) is 5.01 Å². The van der Waals surface area contributed by atoms with Crippen LogP contribution in [0.2, 0.25) is 0 Å².